The van der Waals surface area contributed by atoms with Crippen molar-refractivity contribution in [3.8, 4) is 0 Å². The molecule has 0 aliphatic carbocycles. The summed E-state index contributed by atoms with van der Waals surface area (Å²) in [4.78, 5) is 44.9. The van der Waals surface area contributed by atoms with Crippen LogP contribution in [-0.4, -0.2) is 120 Å². The maximum absolute atomic E-state index is 10.6. The van der Waals surface area contributed by atoms with Gasteiger partial charge in [-0.1, -0.05) is 0 Å². The molecule has 0 atom stereocenters. The maximum atomic E-state index is 10.6. The van der Waals surface area contributed by atoms with Gasteiger partial charge in [-0.05, 0) is 0 Å². The van der Waals surface area contributed by atoms with Gasteiger partial charge in [0.05, 0.1) is 52.6 Å². The smallest absolute Gasteiger partial charge is 1.00 e. The van der Waals surface area contributed by atoms with Crippen LogP contribution in [0.3, 0.4) is 0 Å². The first-order valence-corrected chi connectivity index (χ1v) is 7.68. The molecule has 0 rings (SSSR count). The molecule has 13 heteroatoms. The predicted molar refractivity (Wildman–Crippen MR) is 86.2 cm³/mol. The van der Waals surface area contributed by atoms with Crippen molar-refractivity contribution < 1.29 is 102 Å². The van der Waals surface area contributed by atoms with Crippen LogP contribution in [0.25, 0.3) is 0 Å². The van der Waals surface area contributed by atoms with Gasteiger partial charge in [-0.15, -0.1) is 0 Å². The average Bonchev–Trinajstić information content (AvgIpc) is 2.47. The summed E-state index contributed by atoms with van der Waals surface area (Å²) in [6.45, 7) is -0.790. The van der Waals surface area contributed by atoms with E-state index in [0.29, 0.717) is 0 Å². The van der Waals surface area contributed by atoms with E-state index in [2.05, 4.69) is 0 Å². The van der Waals surface area contributed by atoms with E-state index in [1.54, 1.807) is 0 Å². The topological polar surface area (TPSA) is 174 Å². The molecule has 0 aliphatic heterocycles. The van der Waals surface area contributed by atoms with Crippen molar-refractivity contribution in [2.75, 3.05) is 65.7 Å². The number of nitrogens with zero attached hydrogens (tertiary/aromatic N) is 2. The standard InChI is InChI=1S/C14H24N2O10.K.H/c17-11(18)7-15(8-12(19)20)1-3-25-5-6-26-4-2-16(9-13(21)22)10-14(23)24;;/h1-10H2,(H,17,18)(H,19,20)(H,21,22)(H,23,24);;/q;+1;-1. The summed E-state index contributed by atoms with van der Waals surface area (Å²) < 4.78 is 10.4. The van der Waals surface area contributed by atoms with Crippen molar-refractivity contribution in [1.82, 2.24) is 9.80 Å². The first kappa shape index (κ1) is 28.6. The second kappa shape index (κ2) is 17.5. The van der Waals surface area contributed by atoms with Crippen LogP contribution in [-0.2, 0) is 28.7 Å². The molecule has 0 unspecified atom stereocenters. The van der Waals surface area contributed by atoms with Gasteiger partial charge in [-0.3, -0.25) is 29.0 Å². The van der Waals surface area contributed by atoms with Crippen LogP contribution in [0.2, 0.25) is 0 Å². The van der Waals surface area contributed by atoms with Crippen molar-refractivity contribution in [2.45, 2.75) is 0 Å². The largest absolute Gasteiger partial charge is 1.00 e. The molecule has 0 aliphatic rings. The third-order valence-corrected chi connectivity index (χ3v) is 2.91. The van der Waals surface area contributed by atoms with Gasteiger partial charge in [0.25, 0.3) is 0 Å². The fourth-order valence-corrected chi connectivity index (χ4v) is 1.90. The minimum atomic E-state index is -1.14. The Bertz CT molecular complexity index is 409. The van der Waals surface area contributed by atoms with E-state index in [-0.39, 0.29) is 92.3 Å². The van der Waals surface area contributed by atoms with Gasteiger partial charge in [-0.25, -0.2) is 0 Å². The van der Waals surface area contributed by atoms with Gasteiger partial charge < -0.3 is 31.3 Å². The number of aliphatic carboxylic acids is 4. The number of carbonyl (C=O) groups is 4. The minimum absolute atomic E-state index is 0. The molecule has 0 heterocycles. The van der Waals surface area contributed by atoms with Gasteiger partial charge in [0.2, 0.25) is 0 Å². The van der Waals surface area contributed by atoms with Crippen molar-refractivity contribution in [1.29, 1.82) is 0 Å². The van der Waals surface area contributed by atoms with Crippen molar-refractivity contribution >= 4 is 23.9 Å². The third kappa shape index (κ3) is 19.9. The van der Waals surface area contributed by atoms with Gasteiger partial charge in [0, 0.05) is 13.1 Å². The average molecular weight is 420 g/mol. The van der Waals surface area contributed by atoms with E-state index in [1.807, 2.05) is 0 Å². The molecule has 0 radical (unpaired) electrons. The Balaban J connectivity index is -0.00000312. The molecular weight excluding hydrogens is 395 g/mol. The Morgan fingerprint density at radius 1 is 0.593 bits per heavy atom. The number of ether oxygens (including phenoxy) is 2. The van der Waals surface area contributed by atoms with E-state index in [0.717, 1.165) is 0 Å². The Kier molecular flexibility index (Phi) is 18.5. The Hall–Kier alpha value is -0.644. The summed E-state index contributed by atoms with van der Waals surface area (Å²) in [7, 11) is 0. The number of carboxylic acids is 4. The van der Waals surface area contributed by atoms with E-state index in [1.165, 1.54) is 9.80 Å². The van der Waals surface area contributed by atoms with Crippen molar-refractivity contribution in [3.05, 3.63) is 0 Å². The summed E-state index contributed by atoms with van der Waals surface area (Å²) in [6, 6.07) is 0. The molecule has 0 fully saturated rings. The summed E-state index contributed by atoms with van der Waals surface area (Å²) in [6.07, 6.45) is 0. The van der Waals surface area contributed by atoms with Crippen LogP contribution >= 0.6 is 0 Å². The second-order valence-electron chi connectivity index (χ2n) is 5.22. The summed E-state index contributed by atoms with van der Waals surface area (Å²) >= 11 is 0. The van der Waals surface area contributed by atoms with Crippen LogP contribution < -0.4 is 51.4 Å². The molecule has 4 N–H and O–H groups in total. The van der Waals surface area contributed by atoms with Gasteiger partial charge in [0.15, 0.2) is 0 Å². The monoisotopic (exact) mass is 420 g/mol. The third-order valence-electron chi connectivity index (χ3n) is 2.91. The number of rotatable bonds is 17. The first-order valence-electron chi connectivity index (χ1n) is 7.68. The second-order valence-corrected chi connectivity index (χ2v) is 5.22. The fourth-order valence-electron chi connectivity index (χ4n) is 1.90. The van der Waals surface area contributed by atoms with E-state index < -0.39 is 50.1 Å². The van der Waals surface area contributed by atoms with Crippen LogP contribution in [0.15, 0.2) is 0 Å². The molecule has 0 aromatic rings. The molecule has 152 valence electrons. The molecule has 0 saturated heterocycles. The molecular formula is C14H25KN2O10. The Morgan fingerprint density at radius 2 is 0.852 bits per heavy atom. The SMILES string of the molecule is O=C(O)CN(CCOCCOCCN(CC(=O)O)CC(=O)O)CC(=O)O.[H-].[K+]. The molecule has 0 aromatic carbocycles. The predicted octanol–water partition coefficient (Wildman–Crippen LogP) is -4.92. The van der Waals surface area contributed by atoms with E-state index in [4.69, 9.17) is 29.9 Å². The first-order chi connectivity index (χ1) is 12.2. The summed E-state index contributed by atoms with van der Waals surface area (Å²) in [5.41, 5.74) is 0. The van der Waals surface area contributed by atoms with Crippen LogP contribution in [0.1, 0.15) is 1.43 Å². The van der Waals surface area contributed by atoms with Crippen LogP contribution in [0.5, 0.6) is 0 Å². The number of hydrogen-bond acceptors (Lipinski definition) is 8. The molecule has 0 spiro atoms. The molecule has 12 nitrogen and oxygen atoms in total. The van der Waals surface area contributed by atoms with Gasteiger partial charge in [-0.2, -0.15) is 0 Å². The zero-order valence-corrected chi connectivity index (χ0v) is 18.3. The summed E-state index contributed by atoms with van der Waals surface area (Å²) in [5.74, 6) is -4.55. The molecule has 0 bridgehead atoms. The van der Waals surface area contributed by atoms with Crippen LogP contribution in [0.4, 0.5) is 0 Å². The molecule has 27 heavy (non-hydrogen) atoms. The maximum Gasteiger partial charge on any atom is 1.00 e. The molecule has 0 amide bonds. The zero-order chi connectivity index (χ0) is 19.9. The normalized spacial score (nSPS) is 10.6. The van der Waals surface area contributed by atoms with Crippen LogP contribution in [0, 0.1) is 0 Å². The Labute approximate surface area is 199 Å². The van der Waals surface area contributed by atoms with E-state index >= 15 is 0 Å². The minimum Gasteiger partial charge on any atom is -1.00 e. The molecule has 0 aromatic heterocycles. The quantitative estimate of drug-likeness (QED) is 0.131. The number of carboxylic acid groups (broad SMARTS) is 4. The van der Waals surface area contributed by atoms with Gasteiger partial charge in [0.1, 0.15) is 0 Å². The number of hydrogen-bond donors (Lipinski definition) is 4. The van der Waals surface area contributed by atoms with Crippen molar-refractivity contribution in [2.24, 2.45) is 0 Å². The molecule has 0 saturated carbocycles. The summed E-state index contributed by atoms with van der Waals surface area (Å²) in [5, 5.41) is 34.7. The van der Waals surface area contributed by atoms with E-state index in [9.17, 15) is 19.2 Å². The van der Waals surface area contributed by atoms with Crippen molar-refractivity contribution in [3.63, 3.8) is 0 Å². The Morgan fingerprint density at radius 3 is 1.07 bits per heavy atom. The van der Waals surface area contributed by atoms with Gasteiger partial charge >= 0.3 is 75.3 Å². The zero-order valence-electron chi connectivity index (χ0n) is 16.2. The fraction of sp³-hybridized carbons (Fsp3) is 0.714.